The van der Waals surface area contributed by atoms with Crippen molar-refractivity contribution in [3.63, 3.8) is 0 Å². The smallest absolute Gasteiger partial charge is 0.334 e. The van der Waals surface area contributed by atoms with E-state index < -0.39 is 0 Å². The van der Waals surface area contributed by atoms with Crippen molar-refractivity contribution in [1.29, 1.82) is 0 Å². The molecule has 6 nitrogen and oxygen atoms in total. The topological polar surface area (TPSA) is 80.8 Å². The van der Waals surface area contributed by atoms with E-state index in [1.54, 1.807) is 13.3 Å². The maximum Gasteiger partial charge on any atom is 0.334 e. The standard InChI is InChI=1S/C11H12N4O2S/c1-3-17-11(16)7(2)4-18-10-8-9(13-5-12-8)14-6-15-10/h5-6H,2-4H2,1H3,(H,12,13,14,15). The van der Waals surface area contributed by atoms with Gasteiger partial charge < -0.3 is 9.72 Å². The SMILES string of the molecule is C=C(CSc1ncnc2nc[nH]c12)C(=O)OCC. The minimum Gasteiger partial charge on any atom is -0.463 e. The number of esters is 1. The van der Waals surface area contributed by atoms with Gasteiger partial charge in [-0.2, -0.15) is 0 Å². The van der Waals surface area contributed by atoms with Gasteiger partial charge in [0.2, 0.25) is 0 Å². The molecule has 0 aliphatic rings. The molecule has 1 N–H and O–H groups in total. The molecule has 0 unspecified atom stereocenters. The van der Waals surface area contributed by atoms with Crippen LogP contribution in [0, 0.1) is 0 Å². The Hall–Kier alpha value is -1.89. The molecule has 0 spiro atoms. The fourth-order valence-electron chi connectivity index (χ4n) is 1.30. The largest absolute Gasteiger partial charge is 0.463 e. The first-order valence-corrected chi connectivity index (χ1v) is 6.32. The molecular weight excluding hydrogens is 252 g/mol. The van der Waals surface area contributed by atoms with Crippen LogP contribution in [0.15, 0.2) is 29.8 Å². The molecule has 2 aromatic heterocycles. The van der Waals surface area contributed by atoms with E-state index in [0.717, 1.165) is 10.5 Å². The van der Waals surface area contributed by atoms with Gasteiger partial charge in [-0.3, -0.25) is 0 Å². The van der Waals surface area contributed by atoms with Crippen molar-refractivity contribution in [2.75, 3.05) is 12.4 Å². The number of aromatic nitrogens is 4. The van der Waals surface area contributed by atoms with Crippen molar-refractivity contribution in [3.8, 4) is 0 Å². The van der Waals surface area contributed by atoms with Gasteiger partial charge in [0.25, 0.3) is 0 Å². The molecule has 0 atom stereocenters. The average molecular weight is 264 g/mol. The van der Waals surface area contributed by atoms with E-state index in [2.05, 4.69) is 26.5 Å². The molecule has 0 fully saturated rings. The van der Waals surface area contributed by atoms with Crippen LogP contribution in [0.5, 0.6) is 0 Å². The Morgan fingerprint density at radius 3 is 3.11 bits per heavy atom. The lowest BCUT2D eigenvalue weighted by atomic mass is 10.4. The Morgan fingerprint density at radius 2 is 2.33 bits per heavy atom. The number of ether oxygens (including phenoxy) is 1. The normalized spacial score (nSPS) is 10.5. The van der Waals surface area contributed by atoms with Gasteiger partial charge in [0.15, 0.2) is 5.65 Å². The zero-order chi connectivity index (χ0) is 13.0. The fraction of sp³-hybridized carbons (Fsp3) is 0.273. The highest BCUT2D eigenvalue weighted by Gasteiger charge is 2.11. The van der Waals surface area contributed by atoms with Crippen LogP contribution in [0.1, 0.15) is 6.92 Å². The number of carbonyl (C=O) groups is 1. The molecule has 0 saturated heterocycles. The third-order valence-electron chi connectivity index (χ3n) is 2.14. The lowest BCUT2D eigenvalue weighted by Gasteiger charge is -2.04. The second-order valence-electron chi connectivity index (χ2n) is 3.39. The number of hydrogen-bond donors (Lipinski definition) is 1. The van der Waals surface area contributed by atoms with Gasteiger partial charge in [-0.25, -0.2) is 19.7 Å². The quantitative estimate of drug-likeness (QED) is 0.382. The van der Waals surface area contributed by atoms with E-state index in [1.165, 1.54) is 18.1 Å². The molecular formula is C11H12N4O2S. The number of nitrogens with one attached hydrogen (secondary N) is 1. The number of aromatic amines is 1. The Bertz CT molecular complexity index is 581. The highest BCUT2D eigenvalue weighted by molar-refractivity contribution is 7.99. The van der Waals surface area contributed by atoms with Crippen LogP contribution in [0.25, 0.3) is 11.2 Å². The van der Waals surface area contributed by atoms with Crippen LogP contribution in [0.2, 0.25) is 0 Å². The van der Waals surface area contributed by atoms with Crippen molar-refractivity contribution in [2.24, 2.45) is 0 Å². The van der Waals surface area contributed by atoms with Crippen molar-refractivity contribution in [1.82, 2.24) is 19.9 Å². The lowest BCUT2D eigenvalue weighted by Crippen LogP contribution is -2.08. The molecule has 2 rings (SSSR count). The summed E-state index contributed by atoms with van der Waals surface area (Å²) in [5, 5.41) is 0.739. The maximum atomic E-state index is 11.4. The summed E-state index contributed by atoms with van der Waals surface area (Å²) in [4.78, 5) is 26.5. The number of hydrogen-bond acceptors (Lipinski definition) is 6. The average Bonchev–Trinajstić information content (AvgIpc) is 2.84. The summed E-state index contributed by atoms with van der Waals surface area (Å²) in [7, 11) is 0. The summed E-state index contributed by atoms with van der Waals surface area (Å²) in [6.45, 7) is 5.80. The lowest BCUT2D eigenvalue weighted by molar-refractivity contribution is -0.138. The summed E-state index contributed by atoms with van der Waals surface area (Å²) in [5.41, 5.74) is 1.78. The zero-order valence-corrected chi connectivity index (χ0v) is 10.7. The molecule has 18 heavy (non-hydrogen) atoms. The van der Waals surface area contributed by atoms with Gasteiger partial charge in [0, 0.05) is 11.3 Å². The van der Waals surface area contributed by atoms with E-state index in [-0.39, 0.29) is 5.97 Å². The number of thioether (sulfide) groups is 1. The molecule has 0 aliphatic carbocycles. The Kier molecular flexibility index (Phi) is 3.93. The van der Waals surface area contributed by atoms with Gasteiger partial charge >= 0.3 is 5.97 Å². The molecule has 0 radical (unpaired) electrons. The predicted molar refractivity (Wildman–Crippen MR) is 68.2 cm³/mol. The highest BCUT2D eigenvalue weighted by atomic mass is 32.2. The first kappa shape index (κ1) is 12.6. The number of carbonyl (C=O) groups excluding carboxylic acids is 1. The van der Waals surface area contributed by atoms with Crippen LogP contribution >= 0.6 is 11.8 Å². The molecule has 2 heterocycles. The van der Waals surface area contributed by atoms with Crippen molar-refractivity contribution in [2.45, 2.75) is 11.9 Å². The second-order valence-corrected chi connectivity index (χ2v) is 4.36. The first-order chi connectivity index (χ1) is 8.72. The van der Waals surface area contributed by atoms with Crippen molar-refractivity contribution >= 4 is 28.9 Å². The number of rotatable bonds is 5. The van der Waals surface area contributed by atoms with Crippen molar-refractivity contribution in [3.05, 3.63) is 24.8 Å². The molecule has 0 aromatic carbocycles. The fourth-order valence-corrected chi connectivity index (χ4v) is 2.14. The van der Waals surface area contributed by atoms with Gasteiger partial charge in [0.1, 0.15) is 16.9 Å². The Balaban J connectivity index is 2.04. The van der Waals surface area contributed by atoms with Gasteiger partial charge in [-0.15, -0.1) is 0 Å². The molecule has 7 heteroatoms. The van der Waals surface area contributed by atoms with Crippen LogP contribution in [0.4, 0.5) is 0 Å². The Morgan fingerprint density at radius 1 is 1.50 bits per heavy atom. The summed E-state index contributed by atoms with van der Waals surface area (Å²) >= 11 is 1.39. The molecule has 94 valence electrons. The molecule has 0 bridgehead atoms. The van der Waals surface area contributed by atoms with E-state index in [9.17, 15) is 4.79 Å². The van der Waals surface area contributed by atoms with E-state index in [0.29, 0.717) is 23.6 Å². The molecule has 2 aromatic rings. The highest BCUT2D eigenvalue weighted by Crippen LogP contribution is 2.23. The van der Waals surface area contributed by atoms with Crippen LogP contribution in [0.3, 0.4) is 0 Å². The summed E-state index contributed by atoms with van der Waals surface area (Å²) < 4.78 is 4.86. The molecule has 0 aliphatic heterocycles. The number of nitrogens with zero attached hydrogens (tertiary/aromatic N) is 3. The van der Waals surface area contributed by atoms with Crippen molar-refractivity contribution < 1.29 is 9.53 Å². The molecule has 0 saturated carbocycles. The van der Waals surface area contributed by atoms with Gasteiger partial charge in [-0.1, -0.05) is 18.3 Å². The summed E-state index contributed by atoms with van der Waals surface area (Å²) in [5.74, 6) is 0.0455. The summed E-state index contributed by atoms with van der Waals surface area (Å²) in [6.07, 6.45) is 3.00. The van der Waals surface area contributed by atoms with Crippen LogP contribution in [-0.4, -0.2) is 38.3 Å². The Labute approximate surface area is 108 Å². The first-order valence-electron chi connectivity index (χ1n) is 5.34. The van der Waals surface area contributed by atoms with Crippen LogP contribution < -0.4 is 0 Å². The van der Waals surface area contributed by atoms with E-state index in [1.807, 2.05) is 0 Å². The zero-order valence-electron chi connectivity index (χ0n) is 9.84. The minimum absolute atomic E-state index is 0.348. The van der Waals surface area contributed by atoms with E-state index >= 15 is 0 Å². The van der Waals surface area contributed by atoms with E-state index in [4.69, 9.17) is 4.74 Å². The predicted octanol–water partition coefficient (Wildman–Crippen LogP) is 1.56. The third kappa shape index (κ3) is 2.67. The maximum absolute atomic E-state index is 11.4. The molecule has 0 amide bonds. The third-order valence-corrected chi connectivity index (χ3v) is 3.21. The number of imidazole rings is 1. The number of fused-ring (bicyclic) bond motifs is 1. The van der Waals surface area contributed by atoms with Crippen LogP contribution in [-0.2, 0) is 9.53 Å². The second kappa shape index (κ2) is 5.63. The summed E-state index contributed by atoms with van der Waals surface area (Å²) in [6, 6.07) is 0. The number of H-pyrrole nitrogens is 1. The monoisotopic (exact) mass is 264 g/mol. The minimum atomic E-state index is -0.375. The van der Waals surface area contributed by atoms with Gasteiger partial charge in [0.05, 0.1) is 12.9 Å². The van der Waals surface area contributed by atoms with Gasteiger partial charge in [-0.05, 0) is 6.92 Å².